The van der Waals surface area contributed by atoms with E-state index in [1.165, 1.54) is 6.07 Å². The van der Waals surface area contributed by atoms with Crippen molar-refractivity contribution in [3.05, 3.63) is 29.8 Å². The number of rotatable bonds is 2. The van der Waals surface area contributed by atoms with Crippen molar-refractivity contribution in [1.29, 1.82) is 0 Å². The fourth-order valence-electron chi connectivity index (χ4n) is 1.92. The van der Waals surface area contributed by atoms with Crippen LogP contribution in [0.15, 0.2) is 18.5 Å². The standard InChI is InChI=1S/C13H17FN2/c1-8(2)10-5-13-12(6-11(10)14)15-7-16(13)9(3)4/h5-9H,1-4H3. The van der Waals surface area contributed by atoms with Gasteiger partial charge < -0.3 is 4.57 Å². The van der Waals surface area contributed by atoms with Gasteiger partial charge in [0.15, 0.2) is 0 Å². The first-order valence-electron chi connectivity index (χ1n) is 5.66. The average Bonchev–Trinajstić information content (AvgIpc) is 2.58. The molecular weight excluding hydrogens is 203 g/mol. The molecule has 0 saturated carbocycles. The Hall–Kier alpha value is -1.38. The van der Waals surface area contributed by atoms with Crippen molar-refractivity contribution < 1.29 is 4.39 Å². The highest BCUT2D eigenvalue weighted by Gasteiger charge is 2.12. The predicted molar refractivity (Wildman–Crippen MR) is 64.2 cm³/mol. The molecule has 0 bridgehead atoms. The summed E-state index contributed by atoms with van der Waals surface area (Å²) in [5.74, 6) is 0.0384. The lowest BCUT2D eigenvalue weighted by Crippen LogP contribution is -2.00. The molecule has 0 atom stereocenters. The lowest BCUT2D eigenvalue weighted by atomic mass is 10.0. The summed E-state index contributed by atoms with van der Waals surface area (Å²) in [6, 6.07) is 3.79. The van der Waals surface area contributed by atoms with Crippen molar-refractivity contribution in [2.75, 3.05) is 0 Å². The van der Waals surface area contributed by atoms with Gasteiger partial charge in [-0.15, -0.1) is 0 Å². The Bertz CT molecular complexity index is 512. The summed E-state index contributed by atoms with van der Waals surface area (Å²) in [6.45, 7) is 8.19. The molecule has 0 saturated heterocycles. The molecule has 16 heavy (non-hydrogen) atoms. The van der Waals surface area contributed by atoms with Crippen LogP contribution in [0.25, 0.3) is 11.0 Å². The molecule has 2 rings (SSSR count). The summed E-state index contributed by atoms with van der Waals surface area (Å²) >= 11 is 0. The van der Waals surface area contributed by atoms with Crippen molar-refractivity contribution in [2.24, 2.45) is 0 Å². The first kappa shape index (κ1) is 11.1. The van der Waals surface area contributed by atoms with Gasteiger partial charge in [0, 0.05) is 12.1 Å². The van der Waals surface area contributed by atoms with Gasteiger partial charge in [-0.05, 0) is 31.4 Å². The lowest BCUT2D eigenvalue weighted by Gasteiger charge is -2.11. The molecule has 0 unspecified atom stereocenters. The number of halogens is 1. The van der Waals surface area contributed by atoms with E-state index < -0.39 is 0 Å². The summed E-state index contributed by atoms with van der Waals surface area (Å²) in [6.07, 6.45) is 1.78. The maximum atomic E-state index is 13.7. The molecule has 0 fully saturated rings. The van der Waals surface area contributed by atoms with Gasteiger partial charge in [-0.3, -0.25) is 0 Å². The second-order valence-electron chi connectivity index (χ2n) is 4.76. The number of imidazole rings is 1. The van der Waals surface area contributed by atoms with Crippen LogP contribution in [-0.4, -0.2) is 9.55 Å². The molecule has 0 aliphatic carbocycles. The fourth-order valence-corrected chi connectivity index (χ4v) is 1.92. The van der Waals surface area contributed by atoms with E-state index in [0.717, 1.165) is 16.6 Å². The molecule has 1 aromatic heterocycles. The monoisotopic (exact) mass is 220 g/mol. The minimum absolute atomic E-state index is 0.156. The van der Waals surface area contributed by atoms with E-state index in [0.29, 0.717) is 6.04 Å². The number of aromatic nitrogens is 2. The van der Waals surface area contributed by atoms with Crippen LogP contribution in [0, 0.1) is 5.82 Å². The third-order valence-electron chi connectivity index (χ3n) is 2.87. The number of nitrogens with zero attached hydrogens (tertiary/aromatic N) is 2. The van der Waals surface area contributed by atoms with Crippen LogP contribution in [0.1, 0.15) is 45.2 Å². The Morgan fingerprint density at radius 3 is 2.44 bits per heavy atom. The zero-order chi connectivity index (χ0) is 11.9. The zero-order valence-corrected chi connectivity index (χ0v) is 10.2. The van der Waals surface area contributed by atoms with E-state index in [-0.39, 0.29) is 11.7 Å². The first-order chi connectivity index (χ1) is 7.50. The van der Waals surface area contributed by atoms with Gasteiger partial charge in [-0.1, -0.05) is 13.8 Å². The summed E-state index contributed by atoms with van der Waals surface area (Å²) in [5.41, 5.74) is 2.51. The molecule has 86 valence electrons. The third-order valence-corrected chi connectivity index (χ3v) is 2.87. The van der Waals surface area contributed by atoms with Crippen molar-refractivity contribution in [3.63, 3.8) is 0 Å². The smallest absolute Gasteiger partial charge is 0.128 e. The molecule has 2 nitrogen and oxygen atoms in total. The second-order valence-corrected chi connectivity index (χ2v) is 4.76. The predicted octanol–water partition coefficient (Wildman–Crippen LogP) is 3.88. The lowest BCUT2D eigenvalue weighted by molar-refractivity contribution is 0.597. The number of hydrogen-bond acceptors (Lipinski definition) is 1. The highest BCUT2D eigenvalue weighted by molar-refractivity contribution is 5.76. The molecule has 3 heteroatoms. The van der Waals surface area contributed by atoms with E-state index in [2.05, 4.69) is 23.4 Å². The molecule has 0 N–H and O–H groups in total. The maximum absolute atomic E-state index is 13.7. The highest BCUT2D eigenvalue weighted by atomic mass is 19.1. The molecule has 2 aromatic rings. The number of fused-ring (bicyclic) bond motifs is 1. The normalized spacial score (nSPS) is 11.9. The Morgan fingerprint density at radius 2 is 1.88 bits per heavy atom. The summed E-state index contributed by atoms with van der Waals surface area (Å²) in [5, 5.41) is 0. The number of hydrogen-bond donors (Lipinski definition) is 0. The summed E-state index contributed by atoms with van der Waals surface area (Å²) in [7, 11) is 0. The van der Waals surface area contributed by atoms with Crippen molar-refractivity contribution in [1.82, 2.24) is 9.55 Å². The van der Waals surface area contributed by atoms with Crippen molar-refractivity contribution >= 4 is 11.0 Å². The van der Waals surface area contributed by atoms with Crippen LogP contribution in [0.3, 0.4) is 0 Å². The van der Waals surface area contributed by atoms with Crippen LogP contribution in [-0.2, 0) is 0 Å². The van der Waals surface area contributed by atoms with Crippen molar-refractivity contribution in [3.8, 4) is 0 Å². The first-order valence-corrected chi connectivity index (χ1v) is 5.66. The van der Waals surface area contributed by atoms with Crippen LogP contribution in [0.5, 0.6) is 0 Å². The van der Waals surface area contributed by atoms with E-state index in [9.17, 15) is 4.39 Å². The molecule has 0 aliphatic heterocycles. The Morgan fingerprint density at radius 1 is 1.19 bits per heavy atom. The molecular formula is C13H17FN2. The van der Waals surface area contributed by atoms with Gasteiger partial charge in [0.05, 0.1) is 17.4 Å². The van der Waals surface area contributed by atoms with Gasteiger partial charge >= 0.3 is 0 Å². The molecule has 0 aliphatic rings. The van der Waals surface area contributed by atoms with E-state index in [1.54, 1.807) is 6.33 Å². The molecule has 0 amide bonds. The molecule has 0 spiro atoms. The average molecular weight is 220 g/mol. The van der Waals surface area contributed by atoms with Crippen LogP contribution in [0.4, 0.5) is 4.39 Å². The van der Waals surface area contributed by atoms with E-state index in [4.69, 9.17) is 0 Å². The topological polar surface area (TPSA) is 17.8 Å². The van der Waals surface area contributed by atoms with Crippen molar-refractivity contribution in [2.45, 2.75) is 39.7 Å². The van der Waals surface area contributed by atoms with Gasteiger partial charge in [-0.25, -0.2) is 9.37 Å². The minimum Gasteiger partial charge on any atom is -0.328 e. The molecule has 1 heterocycles. The van der Waals surface area contributed by atoms with E-state index in [1.807, 2.05) is 19.9 Å². The summed E-state index contributed by atoms with van der Waals surface area (Å²) < 4.78 is 15.8. The SMILES string of the molecule is CC(C)c1cc2c(cc1F)ncn2C(C)C. The van der Waals surface area contributed by atoms with Gasteiger partial charge in [0.1, 0.15) is 5.82 Å². The maximum Gasteiger partial charge on any atom is 0.128 e. The molecule has 1 aromatic carbocycles. The Kier molecular flexibility index (Phi) is 2.70. The molecule has 0 radical (unpaired) electrons. The quantitative estimate of drug-likeness (QED) is 0.751. The minimum atomic E-state index is -0.156. The van der Waals surface area contributed by atoms with Gasteiger partial charge in [0.25, 0.3) is 0 Å². The van der Waals surface area contributed by atoms with Crippen LogP contribution >= 0.6 is 0 Å². The van der Waals surface area contributed by atoms with Gasteiger partial charge in [0.2, 0.25) is 0 Å². The highest BCUT2D eigenvalue weighted by Crippen LogP contribution is 2.25. The van der Waals surface area contributed by atoms with Crippen LogP contribution < -0.4 is 0 Å². The number of benzene rings is 1. The second kappa shape index (κ2) is 3.89. The third kappa shape index (κ3) is 1.70. The Balaban J connectivity index is 2.69. The van der Waals surface area contributed by atoms with Gasteiger partial charge in [-0.2, -0.15) is 0 Å². The van der Waals surface area contributed by atoms with Crippen LogP contribution in [0.2, 0.25) is 0 Å². The summed E-state index contributed by atoms with van der Waals surface area (Å²) in [4.78, 5) is 4.22. The zero-order valence-electron chi connectivity index (χ0n) is 10.2. The Labute approximate surface area is 95.1 Å². The van der Waals surface area contributed by atoms with E-state index >= 15 is 0 Å². The largest absolute Gasteiger partial charge is 0.328 e. The fraction of sp³-hybridized carbons (Fsp3) is 0.462.